The molecular formula is C15H27N3O2S. The molecule has 120 valence electrons. The molecule has 1 atom stereocenters. The Kier molecular flexibility index (Phi) is 6.04. The van der Waals surface area contributed by atoms with Gasteiger partial charge in [-0.05, 0) is 31.0 Å². The van der Waals surface area contributed by atoms with Gasteiger partial charge < -0.3 is 10.6 Å². The van der Waals surface area contributed by atoms with Gasteiger partial charge in [0.1, 0.15) is 0 Å². The third kappa shape index (κ3) is 4.11. The van der Waals surface area contributed by atoms with Gasteiger partial charge in [0, 0.05) is 27.2 Å². The zero-order valence-corrected chi connectivity index (χ0v) is 14.4. The molecule has 1 rings (SSSR count). The molecule has 0 aliphatic rings. The minimum absolute atomic E-state index is 0.230. The molecule has 0 saturated heterocycles. The lowest BCUT2D eigenvalue weighted by atomic mass is 10.1. The van der Waals surface area contributed by atoms with E-state index in [-0.39, 0.29) is 4.90 Å². The fourth-order valence-corrected chi connectivity index (χ4v) is 3.03. The molecule has 0 amide bonds. The highest BCUT2D eigenvalue weighted by molar-refractivity contribution is 7.89. The van der Waals surface area contributed by atoms with E-state index in [2.05, 4.69) is 25.7 Å². The Labute approximate surface area is 128 Å². The Hall–Kier alpha value is -1.27. The monoisotopic (exact) mass is 313 g/mol. The smallest absolute Gasteiger partial charge is 0.242 e. The highest BCUT2D eigenvalue weighted by atomic mass is 32.2. The first-order valence-electron chi connectivity index (χ1n) is 7.31. The van der Waals surface area contributed by atoms with Crippen molar-refractivity contribution in [3.63, 3.8) is 0 Å². The van der Waals surface area contributed by atoms with E-state index in [4.69, 9.17) is 5.73 Å². The summed E-state index contributed by atoms with van der Waals surface area (Å²) in [4.78, 5) is 2.42. The van der Waals surface area contributed by atoms with Gasteiger partial charge in [-0.2, -0.15) is 0 Å². The van der Waals surface area contributed by atoms with E-state index >= 15 is 0 Å². The van der Waals surface area contributed by atoms with Crippen LogP contribution in [-0.4, -0.2) is 39.9 Å². The highest BCUT2D eigenvalue weighted by Crippen LogP contribution is 2.28. The predicted molar refractivity (Wildman–Crippen MR) is 89.1 cm³/mol. The van der Waals surface area contributed by atoms with E-state index in [0.29, 0.717) is 11.6 Å². The second-order valence-corrected chi connectivity index (χ2v) is 7.71. The fourth-order valence-electron chi connectivity index (χ4n) is 2.09. The van der Waals surface area contributed by atoms with Gasteiger partial charge in [-0.25, -0.2) is 12.7 Å². The van der Waals surface area contributed by atoms with Crippen LogP contribution < -0.4 is 10.6 Å². The van der Waals surface area contributed by atoms with Crippen LogP contribution in [0.5, 0.6) is 0 Å². The number of nitrogens with zero attached hydrogens (tertiary/aromatic N) is 2. The summed E-state index contributed by atoms with van der Waals surface area (Å²) in [6.45, 7) is 8.19. The molecule has 0 aliphatic heterocycles. The quantitative estimate of drug-likeness (QED) is 0.785. The fraction of sp³-hybridized carbons (Fsp3) is 0.600. The maximum Gasteiger partial charge on any atom is 0.242 e. The predicted octanol–water partition coefficient (Wildman–Crippen LogP) is 2.39. The van der Waals surface area contributed by atoms with Crippen molar-refractivity contribution in [2.75, 3.05) is 37.8 Å². The summed E-state index contributed by atoms with van der Waals surface area (Å²) in [5.41, 5.74) is 7.49. The lowest BCUT2D eigenvalue weighted by Crippen LogP contribution is -2.29. The first kappa shape index (κ1) is 17.8. The molecule has 2 N–H and O–H groups in total. The van der Waals surface area contributed by atoms with Crippen molar-refractivity contribution in [1.29, 1.82) is 0 Å². The van der Waals surface area contributed by atoms with Gasteiger partial charge in [-0.1, -0.05) is 20.3 Å². The number of hydrogen-bond donors (Lipinski definition) is 1. The number of nitrogen functional groups attached to an aromatic ring is 1. The largest absolute Gasteiger partial charge is 0.397 e. The van der Waals surface area contributed by atoms with E-state index < -0.39 is 10.0 Å². The number of hydrogen-bond acceptors (Lipinski definition) is 4. The molecule has 1 unspecified atom stereocenters. The van der Waals surface area contributed by atoms with Crippen LogP contribution in [0.15, 0.2) is 23.1 Å². The van der Waals surface area contributed by atoms with Crippen LogP contribution in [-0.2, 0) is 10.0 Å². The first-order valence-corrected chi connectivity index (χ1v) is 8.75. The summed E-state index contributed by atoms with van der Waals surface area (Å²) in [5.74, 6) is 0.564. The topological polar surface area (TPSA) is 66.6 Å². The van der Waals surface area contributed by atoms with Crippen LogP contribution >= 0.6 is 0 Å². The Morgan fingerprint density at radius 3 is 2.29 bits per heavy atom. The molecule has 6 heteroatoms. The maximum absolute atomic E-state index is 12.1. The molecule has 1 aromatic rings. The Balaban J connectivity index is 3.13. The van der Waals surface area contributed by atoms with E-state index in [1.165, 1.54) is 18.4 Å². The van der Waals surface area contributed by atoms with E-state index in [1.807, 2.05) is 0 Å². The maximum atomic E-state index is 12.1. The van der Waals surface area contributed by atoms with Gasteiger partial charge in [0.25, 0.3) is 0 Å². The van der Waals surface area contributed by atoms with Gasteiger partial charge in [-0.3, -0.25) is 0 Å². The van der Waals surface area contributed by atoms with Crippen LogP contribution in [0.25, 0.3) is 0 Å². The summed E-state index contributed by atoms with van der Waals surface area (Å²) >= 11 is 0. The molecule has 0 aliphatic carbocycles. The number of benzene rings is 1. The zero-order chi connectivity index (χ0) is 16.2. The Morgan fingerprint density at radius 1 is 1.24 bits per heavy atom. The van der Waals surface area contributed by atoms with Gasteiger partial charge in [0.2, 0.25) is 10.0 Å². The Morgan fingerprint density at radius 2 is 1.86 bits per heavy atom. The molecule has 0 radical (unpaired) electrons. The standard InChI is InChI=1S/C15H27N3O2S/c1-6-12(3)11-18(7-2)15-9-8-13(10-14(15)16)21(19,20)17(4)5/h8-10,12H,6-7,11,16H2,1-5H3. The number of anilines is 2. The summed E-state index contributed by atoms with van der Waals surface area (Å²) in [6, 6.07) is 4.97. The van der Waals surface area contributed by atoms with Crippen molar-refractivity contribution >= 4 is 21.4 Å². The summed E-state index contributed by atoms with van der Waals surface area (Å²) < 4.78 is 25.4. The number of nitrogens with two attached hydrogens (primary N) is 1. The minimum Gasteiger partial charge on any atom is -0.397 e. The summed E-state index contributed by atoms with van der Waals surface area (Å²) in [6.07, 6.45) is 1.10. The van der Waals surface area contributed by atoms with Crippen molar-refractivity contribution < 1.29 is 8.42 Å². The zero-order valence-electron chi connectivity index (χ0n) is 13.6. The van der Waals surface area contributed by atoms with Crippen LogP contribution in [0, 0.1) is 5.92 Å². The Bertz CT molecular complexity index is 570. The van der Waals surface area contributed by atoms with Gasteiger partial charge in [0.15, 0.2) is 0 Å². The van der Waals surface area contributed by atoms with Crippen molar-refractivity contribution in [2.45, 2.75) is 32.1 Å². The van der Waals surface area contributed by atoms with Crippen molar-refractivity contribution in [3.05, 3.63) is 18.2 Å². The molecule has 0 fully saturated rings. The highest BCUT2D eigenvalue weighted by Gasteiger charge is 2.19. The second kappa shape index (κ2) is 7.13. The third-order valence-electron chi connectivity index (χ3n) is 3.73. The molecule has 1 aromatic carbocycles. The lowest BCUT2D eigenvalue weighted by molar-refractivity contribution is 0.520. The number of sulfonamides is 1. The van der Waals surface area contributed by atoms with E-state index in [1.54, 1.807) is 18.2 Å². The van der Waals surface area contributed by atoms with Gasteiger partial charge >= 0.3 is 0 Å². The van der Waals surface area contributed by atoms with Crippen molar-refractivity contribution in [2.24, 2.45) is 5.92 Å². The van der Waals surface area contributed by atoms with Crippen LogP contribution in [0.2, 0.25) is 0 Å². The van der Waals surface area contributed by atoms with E-state index in [0.717, 1.165) is 25.2 Å². The molecule has 0 aromatic heterocycles. The first-order chi connectivity index (χ1) is 9.73. The minimum atomic E-state index is -3.44. The van der Waals surface area contributed by atoms with Crippen LogP contribution in [0.4, 0.5) is 11.4 Å². The molecule has 5 nitrogen and oxygen atoms in total. The lowest BCUT2D eigenvalue weighted by Gasteiger charge is -2.27. The summed E-state index contributed by atoms with van der Waals surface area (Å²) in [5, 5.41) is 0. The van der Waals surface area contributed by atoms with Crippen LogP contribution in [0.3, 0.4) is 0 Å². The average molecular weight is 313 g/mol. The SMILES string of the molecule is CCC(C)CN(CC)c1ccc(S(=O)(=O)N(C)C)cc1N. The van der Waals surface area contributed by atoms with Crippen LogP contribution in [0.1, 0.15) is 27.2 Å². The van der Waals surface area contributed by atoms with E-state index in [9.17, 15) is 8.42 Å². The van der Waals surface area contributed by atoms with Crippen molar-refractivity contribution in [1.82, 2.24) is 4.31 Å². The van der Waals surface area contributed by atoms with Gasteiger partial charge in [0.05, 0.1) is 16.3 Å². The average Bonchev–Trinajstić information content (AvgIpc) is 2.44. The molecule has 0 heterocycles. The second-order valence-electron chi connectivity index (χ2n) is 5.56. The molecule has 0 spiro atoms. The third-order valence-corrected chi connectivity index (χ3v) is 5.54. The van der Waals surface area contributed by atoms with Gasteiger partial charge in [-0.15, -0.1) is 0 Å². The number of rotatable bonds is 7. The normalized spacial score (nSPS) is 13.4. The molecular weight excluding hydrogens is 286 g/mol. The molecule has 21 heavy (non-hydrogen) atoms. The summed E-state index contributed by atoms with van der Waals surface area (Å²) in [7, 11) is -0.412. The molecule has 0 bridgehead atoms. The molecule has 0 saturated carbocycles. The van der Waals surface area contributed by atoms with Crippen molar-refractivity contribution in [3.8, 4) is 0 Å².